The average molecular weight is 281 g/mol. The lowest BCUT2D eigenvalue weighted by Crippen LogP contribution is -2.53. The Morgan fingerprint density at radius 1 is 1.20 bits per heavy atom. The fourth-order valence-electron chi connectivity index (χ4n) is 3.38. The van der Waals surface area contributed by atoms with Gasteiger partial charge in [0.25, 0.3) is 0 Å². The molecule has 0 aromatic rings. The van der Waals surface area contributed by atoms with Gasteiger partial charge < -0.3 is 10.6 Å². The predicted molar refractivity (Wildman–Crippen MR) is 82.5 cm³/mol. The van der Waals surface area contributed by atoms with Gasteiger partial charge in [0, 0.05) is 25.7 Å². The summed E-state index contributed by atoms with van der Waals surface area (Å²) in [6, 6.07) is 0.650. The third-order valence-corrected chi connectivity index (χ3v) is 4.94. The molecule has 0 bridgehead atoms. The summed E-state index contributed by atoms with van der Waals surface area (Å²) in [4.78, 5) is 17.3. The normalized spacial score (nSPS) is 22.4. The van der Waals surface area contributed by atoms with Gasteiger partial charge in [0.1, 0.15) is 0 Å². The van der Waals surface area contributed by atoms with Crippen LogP contribution < -0.4 is 5.73 Å². The highest BCUT2D eigenvalue weighted by Gasteiger charge is 2.33. The van der Waals surface area contributed by atoms with Crippen molar-refractivity contribution < 1.29 is 4.79 Å². The van der Waals surface area contributed by atoms with Gasteiger partial charge in [-0.2, -0.15) is 0 Å². The molecule has 20 heavy (non-hydrogen) atoms. The molecule has 1 saturated carbocycles. The third-order valence-electron chi connectivity index (χ3n) is 4.94. The number of hydrogen-bond donors (Lipinski definition) is 1. The van der Waals surface area contributed by atoms with Crippen molar-refractivity contribution in [2.45, 2.75) is 70.4 Å². The predicted octanol–water partition coefficient (Wildman–Crippen LogP) is 1.98. The number of likely N-dealkylation sites (tertiary alicyclic amines) is 1. The van der Waals surface area contributed by atoms with E-state index in [9.17, 15) is 4.79 Å². The number of nitrogens with zero attached hydrogens (tertiary/aromatic N) is 2. The SMILES string of the molecule is CC(C(=O)N1CCCCCC1)N(CCCN)C1CCC1. The molecule has 2 fully saturated rings. The third kappa shape index (κ3) is 3.95. The van der Waals surface area contributed by atoms with Gasteiger partial charge in [-0.3, -0.25) is 9.69 Å². The van der Waals surface area contributed by atoms with Gasteiger partial charge >= 0.3 is 0 Å². The van der Waals surface area contributed by atoms with E-state index in [0.29, 0.717) is 18.5 Å². The van der Waals surface area contributed by atoms with Crippen molar-refractivity contribution in [3.63, 3.8) is 0 Å². The van der Waals surface area contributed by atoms with Crippen LogP contribution in [0.25, 0.3) is 0 Å². The van der Waals surface area contributed by atoms with E-state index in [1.807, 2.05) is 0 Å². The van der Waals surface area contributed by atoms with E-state index in [1.165, 1.54) is 44.9 Å². The maximum atomic E-state index is 12.8. The van der Waals surface area contributed by atoms with Crippen molar-refractivity contribution in [2.75, 3.05) is 26.2 Å². The van der Waals surface area contributed by atoms with Crippen LogP contribution >= 0.6 is 0 Å². The molecule has 2 aliphatic rings. The smallest absolute Gasteiger partial charge is 0.239 e. The summed E-state index contributed by atoms with van der Waals surface area (Å²) in [5.41, 5.74) is 5.65. The van der Waals surface area contributed by atoms with E-state index in [-0.39, 0.29) is 6.04 Å². The number of hydrogen-bond acceptors (Lipinski definition) is 3. The minimum absolute atomic E-state index is 0.0324. The van der Waals surface area contributed by atoms with Crippen LogP contribution in [0.1, 0.15) is 58.3 Å². The molecular weight excluding hydrogens is 250 g/mol. The van der Waals surface area contributed by atoms with E-state index < -0.39 is 0 Å². The molecule has 1 aliphatic carbocycles. The van der Waals surface area contributed by atoms with E-state index in [0.717, 1.165) is 26.1 Å². The zero-order chi connectivity index (χ0) is 14.4. The zero-order valence-electron chi connectivity index (χ0n) is 13.0. The molecule has 0 radical (unpaired) electrons. The maximum Gasteiger partial charge on any atom is 0.239 e. The van der Waals surface area contributed by atoms with Crippen LogP contribution in [0.5, 0.6) is 0 Å². The van der Waals surface area contributed by atoms with Crippen LogP contribution in [0, 0.1) is 0 Å². The Balaban J connectivity index is 1.93. The molecule has 1 saturated heterocycles. The second-order valence-electron chi connectivity index (χ2n) is 6.38. The molecule has 1 unspecified atom stereocenters. The Morgan fingerprint density at radius 2 is 1.85 bits per heavy atom. The molecule has 2 rings (SSSR count). The Hall–Kier alpha value is -0.610. The lowest BCUT2D eigenvalue weighted by Gasteiger charge is -2.42. The van der Waals surface area contributed by atoms with Gasteiger partial charge in [0.2, 0.25) is 5.91 Å². The first kappa shape index (κ1) is 15.8. The van der Waals surface area contributed by atoms with Crippen molar-refractivity contribution in [2.24, 2.45) is 5.73 Å². The molecule has 1 amide bonds. The summed E-state index contributed by atoms with van der Waals surface area (Å²) in [5.74, 6) is 0.343. The number of amides is 1. The standard InChI is InChI=1S/C16H31N3O/c1-14(16(20)18-11-4-2-3-5-12-18)19(13-7-10-17)15-8-6-9-15/h14-15H,2-13,17H2,1H3. The highest BCUT2D eigenvalue weighted by atomic mass is 16.2. The van der Waals surface area contributed by atoms with Crippen LogP contribution in [0.2, 0.25) is 0 Å². The number of rotatable bonds is 6. The quantitative estimate of drug-likeness (QED) is 0.810. The van der Waals surface area contributed by atoms with Crippen LogP contribution in [0.4, 0.5) is 0 Å². The molecule has 0 spiro atoms. The summed E-state index contributed by atoms with van der Waals surface area (Å²) < 4.78 is 0. The zero-order valence-corrected chi connectivity index (χ0v) is 13.0. The topological polar surface area (TPSA) is 49.6 Å². The molecule has 116 valence electrons. The second kappa shape index (κ2) is 7.99. The fourth-order valence-corrected chi connectivity index (χ4v) is 3.38. The minimum Gasteiger partial charge on any atom is -0.341 e. The molecular formula is C16H31N3O. The van der Waals surface area contributed by atoms with Crippen molar-refractivity contribution in [1.29, 1.82) is 0 Å². The summed E-state index contributed by atoms with van der Waals surface area (Å²) in [7, 11) is 0. The fraction of sp³-hybridized carbons (Fsp3) is 0.938. The van der Waals surface area contributed by atoms with Crippen LogP contribution in [-0.4, -0.2) is 54.0 Å². The second-order valence-corrected chi connectivity index (χ2v) is 6.38. The molecule has 1 aliphatic heterocycles. The van der Waals surface area contributed by atoms with Gasteiger partial charge in [-0.05, 0) is 45.6 Å². The average Bonchev–Trinajstić information content (AvgIpc) is 2.68. The van der Waals surface area contributed by atoms with Crippen molar-refractivity contribution >= 4 is 5.91 Å². The molecule has 1 heterocycles. The van der Waals surface area contributed by atoms with Gasteiger partial charge in [-0.1, -0.05) is 19.3 Å². The Morgan fingerprint density at radius 3 is 2.35 bits per heavy atom. The summed E-state index contributed by atoms with van der Waals surface area (Å²) >= 11 is 0. The van der Waals surface area contributed by atoms with Crippen LogP contribution in [-0.2, 0) is 4.79 Å². The van der Waals surface area contributed by atoms with Crippen molar-refractivity contribution in [3.05, 3.63) is 0 Å². The summed E-state index contributed by atoms with van der Waals surface area (Å²) in [6.45, 7) is 5.70. The van der Waals surface area contributed by atoms with E-state index >= 15 is 0 Å². The number of carbonyl (C=O) groups is 1. The molecule has 4 heteroatoms. The minimum atomic E-state index is 0.0324. The first-order chi connectivity index (χ1) is 9.74. The molecule has 0 aromatic carbocycles. The first-order valence-electron chi connectivity index (χ1n) is 8.48. The van der Waals surface area contributed by atoms with E-state index in [4.69, 9.17) is 5.73 Å². The van der Waals surface area contributed by atoms with Gasteiger partial charge in [-0.25, -0.2) is 0 Å². The molecule has 0 aromatic heterocycles. The van der Waals surface area contributed by atoms with E-state index in [2.05, 4.69) is 16.7 Å². The lowest BCUT2D eigenvalue weighted by molar-refractivity contribution is -0.138. The summed E-state index contributed by atoms with van der Waals surface area (Å²) in [6.07, 6.45) is 9.71. The number of nitrogens with two attached hydrogens (primary N) is 1. The lowest BCUT2D eigenvalue weighted by atomic mass is 9.90. The van der Waals surface area contributed by atoms with Crippen LogP contribution in [0.3, 0.4) is 0 Å². The Labute approximate surface area is 123 Å². The Bertz CT molecular complexity index is 296. The molecule has 2 N–H and O–H groups in total. The van der Waals surface area contributed by atoms with Gasteiger partial charge in [0.05, 0.1) is 6.04 Å². The Kier molecular flexibility index (Phi) is 6.30. The maximum absolute atomic E-state index is 12.8. The largest absolute Gasteiger partial charge is 0.341 e. The molecule has 1 atom stereocenters. The highest BCUT2D eigenvalue weighted by Crippen LogP contribution is 2.27. The first-order valence-corrected chi connectivity index (χ1v) is 8.48. The van der Waals surface area contributed by atoms with E-state index in [1.54, 1.807) is 0 Å². The van der Waals surface area contributed by atoms with Crippen LogP contribution in [0.15, 0.2) is 0 Å². The van der Waals surface area contributed by atoms with Crippen molar-refractivity contribution in [3.8, 4) is 0 Å². The van der Waals surface area contributed by atoms with Gasteiger partial charge in [0.15, 0.2) is 0 Å². The molecule has 4 nitrogen and oxygen atoms in total. The summed E-state index contributed by atoms with van der Waals surface area (Å²) in [5, 5.41) is 0. The van der Waals surface area contributed by atoms with Crippen molar-refractivity contribution in [1.82, 2.24) is 9.80 Å². The monoisotopic (exact) mass is 281 g/mol. The van der Waals surface area contributed by atoms with Gasteiger partial charge in [-0.15, -0.1) is 0 Å². The number of carbonyl (C=O) groups excluding carboxylic acids is 1. The highest BCUT2D eigenvalue weighted by molar-refractivity contribution is 5.81.